The zero-order chi connectivity index (χ0) is 11.1. The van der Waals surface area contributed by atoms with Crippen LogP contribution < -0.4 is 11.1 Å². The van der Waals surface area contributed by atoms with E-state index in [0.717, 1.165) is 0 Å². The van der Waals surface area contributed by atoms with E-state index >= 15 is 0 Å². The van der Waals surface area contributed by atoms with Crippen LogP contribution in [0.2, 0.25) is 0 Å². The molecule has 0 bridgehead atoms. The first-order chi connectivity index (χ1) is 6.52. The molecule has 0 aliphatic carbocycles. The van der Waals surface area contributed by atoms with Crippen molar-refractivity contribution in [1.82, 2.24) is 10.2 Å². The Labute approximate surface area is 84.6 Å². The molecule has 0 saturated carbocycles. The summed E-state index contributed by atoms with van der Waals surface area (Å²) in [6, 6.07) is 0. The van der Waals surface area contributed by atoms with Gasteiger partial charge in [-0.3, -0.25) is 9.59 Å². The molecule has 5 nitrogen and oxygen atoms in total. The molecule has 0 saturated heterocycles. The normalized spacial score (nSPS) is 12.0. The molecule has 0 aromatic heterocycles. The fourth-order valence-corrected chi connectivity index (χ4v) is 0.981. The molecule has 0 radical (unpaired) electrons. The molecule has 1 atom stereocenters. The van der Waals surface area contributed by atoms with Crippen molar-refractivity contribution in [2.75, 3.05) is 27.2 Å². The fraction of sp³-hybridized carbons (Fsp3) is 0.778. The third-order valence-corrected chi connectivity index (χ3v) is 2.10. The Morgan fingerprint density at radius 3 is 2.50 bits per heavy atom. The number of carbonyl (C=O) groups is 2. The van der Waals surface area contributed by atoms with Crippen LogP contribution in [-0.4, -0.2) is 43.9 Å². The van der Waals surface area contributed by atoms with Gasteiger partial charge in [0.2, 0.25) is 11.8 Å². The van der Waals surface area contributed by atoms with Crippen LogP contribution in [0.5, 0.6) is 0 Å². The molecule has 3 N–H and O–H groups in total. The average molecular weight is 201 g/mol. The highest BCUT2D eigenvalue weighted by Crippen LogP contribution is 1.99. The minimum atomic E-state index is -0.176. The van der Waals surface area contributed by atoms with E-state index in [2.05, 4.69) is 5.32 Å². The molecule has 0 aromatic rings. The monoisotopic (exact) mass is 201 g/mol. The Balaban J connectivity index is 3.90. The fourth-order valence-electron chi connectivity index (χ4n) is 0.981. The predicted molar refractivity (Wildman–Crippen MR) is 54.5 cm³/mol. The lowest BCUT2D eigenvalue weighted by atomic mass is 10.1. The number of carbonyl (C=O) groups excluding carboxylic acids is 2. The van der Waals surface area contributed by atoms with E-state index in [1.165, 1.54) is 4.90 Å². The van der Waals surface area contributed by atoms with Gasteiger partial charge in [-0.15, -0.1) is 0 Å². The summed E-state index contributed by atoms with van der Waals surface area (Å²) in [4.78, 5) is 23.9. The Kier molecular flexibility index (Phi) is 5.87. The summed E-state index contributed by atoms with van der Waals surface area (Å²) >= 11 is 0. The second-order valence-corrected chi connectivity index (χ2v) is 3.32. The third kappa shape index (κ3) is 4.23. The summed E-state index contributed by atoms with van der Waals surface area (Å²) in [5, 5.41) is 2.50. The van der Waals surface area contributed by atoms with Crippen molar-refractivity contribution in [2.45, 2.75) is 13.3 Å². The summed E-state index contributed by atoms with van der Waals surface area (Å²) in [6.07, 6.45) is 0.329. The topological polar surface area (TPSA) is 75.4 Å². The Bertz CT molecular complexity index is 206. The maximum absolute atomic E-state index is 11.5. The molecular formula is C9H19N3O2. The molecule has 0 spiro atoms. The van der Waals surface area contributed by atoms with E-state index in [-0.39, 0.29) is 17.7 Å². The molecule has 0 heterocycles. The molecule has 1 unspecified atom stereocenters. The first-order valence-corrected chi connectivity index (χ1v) is 4.68. The highest BCUT2D eigenvalue weighted by molar-refractivity contribution is 5.80. The summed E-state index contributed by atoms with van der Waals surface area (Å²) in [6.45, 7) is 2.55. The van der Waals surface area contributed by atoms with Gasteiger partial charge in [0.05, 0.1) is 0 Å². The highest BCUT2D eigenvalue weighted by Gasteiger charge is 2.15. The lowest BCUT2D eigenvalue weighted by Crippen LogP contribution is -2.37. The average Bonchev–Trinajstić information content (AvgIpc) is 2.22. The molecule has 0 fully saturated rings. The first kappa shape index (κ1) is 12.9. The summed E-state index contributed by atoms with van der Waals surface area (Å²) in [5.74, 6) is -0.258. The number of hydrogen-bond donors (Lipinski definition) is 2. The smallest absolute Gasteiger partial charge is 0.226 e. The van der Waals surface area contributed by atoms with Crippen molar-refractivity contribution >= 4 is 11.8 Å². The van der Waals surface area contributed by atoms with Crippen molar-refractivity contribution in [3.63, 3.8) is 0 Å². The quantitative estimate of drug-likeness (QED) is 0.610. The molecule has 2 amide bonds. The van der Waals surface area contributed by atoms with Crippen LogP contribution in [0, 0.1) is 5.92 Å². The van der Waals surface area contributed by atoms with Crippen LogP contribution in [0.1, 0.15) is 13.3 Å². The van der Waals surface area contributed by atoms with Gasteiger partial charge in [0.15, 0.2) is 0 Å². The molecular weight excluding hydrogens is 182 g/mol. The molecule has 14 heavy (non-hydrogen) atoms. The minimum absolute atomic E-state index is 0.0172. The number of amides is 2. The van der Waals surface area contributed by atoms with Gasteiger partial charge in [-0.2, -0.15) is 0 Å². The van der Waals surface area contributed by atoms with E-state index in [1.807, 2.05) is 0 Å². The Hall–Kier alpha value is -1.10. The van der Waals surface area contributed by atoms with Gasteiger partial charge in [-0.05, 0) is 0 Å². The number of hydrogen-bond acceptors (Lipinski definition) is 3. The zero-order valence-corrected chi connectivity index (χ0v) is 9.04. The van der Waals surface area contributed by atoms with Gasteiger partial charge in [-0.25, -0.2) is 0 Å². The maximum atomic E-state index is 11.5. The van der Waals surface area contributed by atoms with Crippen LogP contribution in [0.3, 0.4) is 0 Å². The second kappa shape index (κ2) is 6.37. The molecule has 0 aromatic carbocycles. The predicted octanol–water partition coefficient (Wildman–Crippen LogP) is -0.824. The van der Waals surface area contributed by atoms with Crippen molar-refractivity contribution in [2.24, 2.45) is 11.7 Å². The number of nitrogens with zero attached hydrogens (tertiary/aromatic N) is 1. The highest BCUT2D eigenvalue weighted by atomic mass is 16.2. The van der Waals surface area contributed by atoms with Crippen molar-refractivity contribution < 1.29 is 9.59 Å². The number of rotatable bonds is 5. The van der Waals surface area contributed by atoms with Crippen LogP contribution in [0.25, 0.3) is 0 Å². The lowest BCUT2D eigenvalue weighted by Gasteiger charge is -2.19. The van der Waals surface area contributed by atoms with E-state index in [0.29, 0.717) is 19.5 Å². The van der Waals surface area contributed by atoms with E-state index in [4.69, 9.17) is 5.73 Å². The standard InChI is InChI=1S/C9H19N3O2/c1-7(6-10)9(14)12(3)5-4-8(13)11-2/h7H,4-6,10H2,1-3H3,(H,11,13). The van der Waals surface area contributed by atoms with Gasteiger partial charge < -0.3 is 16.0 Å². The van der Waals surface area contributed by atoms with E-state index < -0.39 is 0 Å². The maximum Gasteiger partial charge on any atom is 0.226 e. The van der Waals surface area contributed by atoms with Gasteiger partial charge in [-0.1, -0.05) is 6.92 Å². The molecule has 82 valence electrons. The largest absolute Gasteiger partial charge is 0.359 e. The third-order valence-electron chi connectivity index (χ3n) is 2.10. The lowest BCUT2D eigenvalue weighted by molar-refractivity contribution is -0.133. The van der Waals surface area contributed by atoms with Crippen LogP contribution >= 0.6 is 0 Å². The van der Waals surface area contributed by atoms with Gasteiger partial charge in [0.25, 0.3) is 0 Å². The SMILES string of the molecule is CNC(=O)CCN(C)C(=O)C(C)CN. The van der Waals surface area contributed by atoms with Crippen LogP contribution in [0.4, 0.5) is 0 Å². The minimum Gasteiger partial charge on any atom is -0.359 e. The Morgan fingerprint density at radius 1 is 1.50 bits per heavy atom. The van der Waals surface area contributed by atoms with Crippen LogP contribution in [0.15, 0.2) is 0 Å². The summed E-state index contributed by atoms with van der Waals surface area (Å²) in [5.41, 5.74) is 5.37. The number of nitrogens with one attached hydrogen (secondary N) is 1. The summed E-state index contributed by atoms with van der Waals surface area (Å²) in [7, 11) is 3.25. The molecule has 0 aliphatic rings. The van der Waals surface area contributed by atoms with Gasteiger partial charge in [0.1, 0.15) is 0 Å². The molecule has 0 rings (SSSR count). The first-order valence-electron chi connectivity index (χ1n) is 4.68. The van der Waals surface area contributed by atoms with E-state index in [1.54, 1.807) is 21.0 Å². The van der Waals surface area contributed by atoms with Crippen molar-refractivity contribution in [1.29, 1.82) is 0 Å². The van der Waals surface area contributed by atoms with Crippen molar-refractivity contribution in [3.05, 3.63) is 0 Å². The summed E-state index contributed by atoms with van der Waals surface area (Å²) < 4.78 is 0. The number of nitrogens with two attached hydrogens (primary N) is 1. The van der Waals surface area contributed by atoms with Crippen molar-refractivity contribution in [3.8, 4) is 0 Å². The van der Waals surface area contributed by atoms with Gasteiger partial charge >= 0.3 is 0 Å². The van der Waals surface area contributed by atoms with Crippen LogP contribution in [-0.2, 0) is 9.59 Å². The van der Waals surface area contributed by atoms with Gasteiger partial charge in [0, 0.05) is 39.5 Å². The second-order valence-electron chi connectivity index (χ2n) is 3.32. The Morgan fingerprint density at radius 2 is 2.07 bits per heavy atom. The molecule has 5 heteroatoms. The molecule has 0 aliphatic heterocycles. The zero-order valence-electron chi connectivity index (χ0n) is 9.04. The van der Waals surface area contributed by atoms with E-state index in [9.17, 15) is 9.59 Å².